The lowest BCUT2D eigenvalue weighted by molar-refractivity contribution is 1.54. The molecule has 0 amide bonds. The summed E-state index contributed by atoms with van der Waals surface area (Å²) in [5.41, 5.74) is 0. The second-order valence-electron chi connectivity index (χ2n) is 0.952. The molecule has 44 valence electrons. The summed E-state index contributed by atoms with van der Waals surface area (Å²) < 4.78 is 0. The van der Waals surface area contributed by atoms with Crippen LogP contribution in [0.4, 0.5) is 0 Å². The predicted molar refractivity (Wildman–Crippen MR) is 44.4 cm³/mol. The van der Waals surface area contributed by atoms with Crippen LogP contribution >= 0.6 is 34.2 Å². The SMILES string of the molecule is CCSSCCS. The van der Waals surface area contributed by atoms with Crippen LogP contribution in [0, 0.1) is 0 Å². The average Bonchev–Trinajstić information content (AvgIpc) is 1.69. The van der Waals surface area contributed by atoms with Crippen molar-refractivity contribution in [3.8, 4) is 0 Å². The minimum atomic E-state index is 0.998. The van der Waals surface area contributed by atoms with E-state index in [0.717, 1.165) is 5.75 Å². The summed E-state index contributed by atoms with van der Waals surface area (Å²) in [5.74, 6) is 3.37. The average molecular weight is 154 g/mol. The quantitative estimate of drug-likeness (QED) is 0.375. The van der Waals surface area contributed by atoms with Crippen LogP contribution in [0.3, 0.4) is 0 Å². The predicted octanol–water partition coefficient (Wildman–Crippen LogP) is 2.32. The molecule has 0 bridgehead atoms. The lowest BCUT2D eigenvalue weighted by Crippen LogP contribution is -1.72. The van der Waals surface area contributed by atoms with E-state index in [0.29, 0.717) is 0 Å². The van der Waals surface area contributed by atoms with Gasteiger partial charge >= 0.3 is 0 Å². The Hall–Kier alpha value is 1.05. The van der Waals surface area contributed by atoms with Crippen molar-refractivity contribution in [1.82, 2.24) is 0 Å². The van der Waals surface area contributed by atoms with Gasteiger partial charge in [0.15, 0.2) is 0 Å². The normalized spacial score (nSPS) is 9.43. The zero-order valence-corrected chi connectivity index (χ0v) is 6.91. The second kappa shape index (κ2) is 7.05. The first kappa shape index (κ1) is 8.05. The summed E-state index contributed by atoms with van der Waals surface area (Å²) in [6, 6.07) is 0. The molecule has 0 saturated carbocycles. The molecule has 0 N–H and O–H groups in total. The molecule has 0 aliphatic carbocycles. The molecule has 0 saturated heterocycles. The van der Waals surface area contributed by atoms with Crippen molar-refractivity contribution >= 4 is 34.2 Å². The van der Waals surface area contributed by atoms with E-state index in [1.54, 1.807) is 0 Å². The molecule has 0 aromatic heterocycles. The molecule has 0 aliphatic heterocycles. The molecular formula is C4H10S3. The van der Waals surface area contributed by atoms with Crippen molar-refractivity contribution in [2.45, 2.75) is 6.92 Å². The van der Waals surface area contributed by atoms with Crippen LogP contribution in [0.25, 0.3) is 0 Å². The van der Waals surface area contributed by atoms with Crippen LogP contribution < -0.4 is 0 Å². The van der Waals surface area contributed by atoms with Gasteiger partial charge in [-0.1, -0.05) is 28.5 Å². The van der Waals surface area contributed by atoms with Gasteiger partial charge in [-0.25, -0.2) is 0 Å². The van der Waals surface area contributed by atoms with Gasteiger partial charge in [-0.2, -0.15) is 12.6 Å². The van der Waals surface area contributed by atoms with Crippen molar-refractivity contribution in [2.24, 2.45) is 0 Å². The standard InChI is InChI=1S/C4H10S3/c1-2-6-7-4-3-5/h5H,2-4H2,1H3. The Labute approximate surface area is 58.6 Å². The Morgan fingerprint density at radius 1 is 1.43 bits per heavy atom. The monoisotopic (exact) mass is 154 g/mol. The molecule has 0 aromatic rings. The maximum absolute atomic E-state index is 4.06. The Morgan fingerprint density at radius 3 is 2.57 bits per heavy atom. The van der Waals surface area contributed by atoms with Gasteiger partial charge in [0.2, 0.25) is 0 Å². The van der Waals surface area contributed by atoms with Gasteiger partial charge in [-0.15, -0.1) is 0 Å². The van der Waals surface area contributed by atoms with Gasteiger partial charge in [-0.05, 0) is 0 Å². The molecule has 0 atom stereocenters. The lowest BCUT2D eigenvalue weighted by atomic mass is 11.0. The maximum atomic E-state index is 4.06. The van der Waals surface area contributed by atoms with E-state index in [9.17, 15) is 0 Å². The Morgan fingerprint density at radius 2 is 2.14 bits per heavy atom. The first-order chi connectivity index (χ1) is 3.41. The van der Waals surface area contributed by atoms with Crippen molar-refractivity contribution in [2.75, 3.05) is 17.3 Å². The van der Waals surface area contributed by atoms with Crippen LogP contribution in [0.15, 0.2) is 0 Å². The molecule has 0 unspecified atom stereocenters. The maximum Gasteiger partial charge on any atom is 0.0125 e. The smallest absolute Gasteiger partial charge is 0.0125 e. The van der Waals surface area contributed by atoms with Crippen LogP contribution in [-0.4, -0.2) is 17.3 Å². The molecule has 0 aliphatic rings. The Kier molecular flexibility index (Phi) is 8.11. The van der Waals surface area contributed by atoms with Crippen molar-refractivity contribution < 1.29 is 0 Å². The fourth-order valence-corrected chi connectivity index (χ4v) is 2.29. The van der Waals surface area contributed by atoms with E-state index in [-0.39, 0.29) is 0 Å². The van der Waals surface area contributed by atoms with E-state index in [1.165, 1.54) is 11.5 Å². The van der Waals surface area contributed by atoms with E-state index >= 15 is 0 Å². The van der Waals surface area contributed by atoms with Gasteiger partial charge in [-0.3, -0.25) is 0 Å². The first-order valence-corrected chi connectivity index (χ1v) is 5.39. The highest BCUT2D eigenvalue weighted by atomic mass is 33.1. The van der Waals surface area contributed by atoms with Gasteiger partial charge in [0.05, 0.1) is 0 Å². The second-order valence-corrected chi connectivity index (χ2v) is 4.27. The first-order valence-electron chi connectivity index (χ1n) is 2.27. The minimum Gasteiger partial charge on any atom is -0.178 e. The van der Waals surface area contributed by atoms with E-state index < -0.39 is 0 Å². The molecular weight excluding hydrogens is 144 g/mol. The van der Waals surface area contributed by atoms with E-state index in [1.807, 2.05) is 21.6 Å². The molecule has 0 spiro atoms. The minimum absolute atomic E-state index is 0.998. The van der Waals surface area contributed by atoms with Crippen LogP contribution in [0.2, 0.25) is 0 Å². The molecule has 0 rings (SSSR count). The fraction of sp³-hybridized carbons (Fsp3) is 1.00. The molecule has 0 nitrogen and oxygen atoms in total. The number of rotatable bonds is 4. The third kappa shape index (κ3) is 7.05. The molecule has 0 heterocycles. The summed E-state index contributed by atoms with van der Waals surface area (Å²) in [7, 11) is 3.79. The Balaban J connectivity index is 2.45. The number of hydrogen-bond donors (Lipinski definition) is 1. The highest BCUT2D eigenvalue weighted by Gasteiger charge is 1.80. The molecule has 0 radical (unpaired) electrons. The molecule has 0 aromatic carbocycles. The third-order valence-corrected chi connectivity index (χ3v) is 3.38. The summed E-state index contributed by atoms with van der Waals surface area (Å²) in [4.78, 5) is 0. The number of hydrogen-bond acceptors (Lipinski definition) is 3. The van der Waals surface area contributed by atoms with Gasteiger partial charge < -0.3 is 0 Å². The largest absolute Gasteiger partial charge is 0.178 e. The molecule has 7 heavy (non-hydrogen) atoms. The van der Waals surface area contributed by atoms with E-state index in [2.05, 4.69) is 19.6 Å². The summed E-state index contributed by atoms with van der Waals surface area (Å²) in [5, 5.41) is 0. The van der Waals surface area contributed by atoms with Crippen molar-refractivity contribution in [3.05, 3.63) is 0 Å². The van der Waals surface area contributed by atoms with Gasteiger partial charge in [0, 0.05) is 17.3 Å². The lowest BCUT2D eigenvalue weighted by Gasteiger charge is -1.90. The van der Waals surface area contributed by atoms with Crippen LogP contribution in [-0.2, 0) is 0 Å². The summed E-state index contributed by atoms with van der Waals surface area (Å²) >= 11 is 4.06. The molecule has 0 fully saturated rings. The van der Waals surface area contributed by atoms with Crippen LogP contribution in [0.1, 0.15) is 6.92 Å². The Bertz CT molecular complexity index is 26.1. The summed E-state index contributed by atoms with van der Waals surface area (Å²) in [6.07, 6.45) is 0. The van der Waals surface area contributed by atoms with Gasteiger partial charge in [0.1, 0.15) is 0 Å². The zero-order chi connectivity index (χ0) is 5.54. The fourth-order valence-electron chi connectivity index (χ4n) is 0.180. The highest BCUT2D eigenvalue weighted by molar-refractivity contribution is 8.76. The molecule has 3 heteroatoms. The summed E-state index contributed by atoms with van der Waals surface area (Å²) in [6.45, 7) is 2.16. The van der Waals surface area contributed by atoms with Gasteiger partial charge in [0.25, 0.3) is 0 Å². The van der Waals surface area contributed by atoms with E-state index in [4.69, 9.17) is 0 Å². The number of thiol groups is 1. The van der Waals surface area contributed by atoms with Crippen molar-refractivity contribution in [1.29, 1.82) is 0 Å². The van der Waals surface area contributed by atoms with Crippen LogP contribution in [0.5, 0.6) is 0 Å². The van der Waals surface area contributed by atoms with Crippen molar-refractivity contribution in [3.63, 3.8) is 0 Å². The highest BCUT2D eigenvalue weighted by Crippen LogP contribution is 2.19. The topological polar surface area (TPSA) is 0 Å². The third-order valence-electron chi connectivity index (χ3n) is 0.376. The zero-order valence-electron chi connectivity index (χ0n) is 4.39.